The summed E-state index contributed by atoms with van der Waals surface area (Å²) in [5, 5.41) is 9.65. The van der Waals surface area contributed by atoms with E-state index in [0.29, 0.717) is 29.4 Å². The van der Waals surface area contributed by atoms with Crippen LogP contribution in [-0.4, -0.2) is 17.0 Å². The topological polar surface area (TPSA) is 54.4 Å². The molecule has 1 aromatic rings. The number of carbonyl (C=O) groups excluding carboxylic acids is 1. The van der Waals surface area contributed by atoms with Crippen molar-refractivity contribution in [1.29, 1.82) is 0 Å². The summed E-state index contributed by atoms with van der Waals surface area (Å²) in [4.78, 5) is 22.4. The molecule has 0 amide bonds. The molecule has 0 radical (unpaired) electrons. The Kier molecular flexibility index (Phi) is 3.59. The van der Waals surface area contributed by atoms with E-state index in [9.17, 15) is 14.7 Å². The normalized spacial score (nSPS) is 24.6. The van der Waals surface area contributed by atoms with Crippen LogP contribution in [0, 0.1) is 0 Å². The van der Waals surface area contributed by atoms with Gasteiger partial charge in [-0.25, -0.2) is 9.59 Å². The minimum absolute atomic E-state index is 0.301. The average Bonchev–Trinajstić information content (AvgIpc) is 3.22. The first kappa shape index (κ1) is 14.9. The quantitative estimate of drug-likeness (QED) is 0.672. The summed E-state index contributed by atoms with van der Waals surface area (Å²) in [6.07, 6.45) is 11.2. The van der Waals surface area contributed by atoms with Gasteiger partial charge in [-0.15, -0.1) is 0 Å². The highest BCUT2D eigenvalue weighted by molar-refractivity contribution is 6.16. The van der Waals surface area contributed by atoms with E-state index in [1.807, 2.05) is 18.1 Å². The van der Waals surface area contributed by atoms with E-state index in [2.05, 4.69) is 12.1 Å². The van der Waals surface area contributed by atoms with E-state index in [-0.39, 0.29) is 0 Å². The van der Waals surface area contributed by atoms with Gasteiger partial charge in [0.25, 0.3) is 0 Å². The summed E-state index contributed by atoms with van der Waals surface area (Å²) in [5.74, 6) is 2.23. The van der Waals surface area contributed by atoms with E-state index in [1.165, 1.54) is 30.4 Å². The number of carboxylic acid groups (broad SMARTS) is 1. The van der Waals surface area contributed by atoms with Crippen molar-refractivity contribution in [2.24, 2.45) is 0 Å². The van der Waals surface area contributed by atoms with Gasteiger partial charge in [-0.3, -0.25) is 0 Å². The summed E-state index contributed by atoms with van der Waals surface area (Å²) in [7, 11) is 0. The molecule has 24 heavy (non-hydrogen) atoms. The van der Waals surface area contributed by atoms with Crippen molar-refractivity contribution in [3.63, 3.8) is 0 Å². The van der Waals surface area contributed by atoms with Crippen molar-refractivity contribution in [2.45, 2.75) is 37.5 Å². The second kappa shape index (κ2) is 5.77. The van der Waals surface area contributed by atoms with Crippen molar-refractivity contribution in [3.05, 3.63) is 70.3 Å². The van der Waals surface area contributed by atoms with Crippen LogP contribution >= 0.6 is 0 Å². The van der Waals surface area contributed by atoms with Gasteiger partial charge in [0.05, 0.1) is 5.57 Å². The fraction of sp³-hybridized carbons (Fsp3) is 0.286. The molecule has 3 nitrogen and oxygen atoms in total. The molecule has 1 saturated carbocycles. The van der Waals surface area contributed by atoms with Crippen LogP contribution in [0.3, 0.4) is 0 Å². The predicted molar refractivity (Wildman–Crippen MR) is 92.4 cm³/mol. The molecule has 4 rings (SSSR count). The minimum atomic E-state index is -0.927. The van der Waals surface area contributed by atoms with Gasteiger partial charge in [-0.2, -0.15) is 0 Å². The number of benzene rings is 1. The molecule has 1 fully saturated rings. The lowest BCUT2D eigenvalue weighted by molar-refractivity contribution is -0.130. The molecule has 2 unspecified atom stereocenters. The maximum atomic E-state index is 11.8. The van der Waals surface area contributed by atoms with Gasteiger partial charge in [0.1, 0.15) is 5.94 Å². The summed E-state index contributed by atoms with van der Waals surface area (Å²) in [6, 6.07) is 6.12. The first-order chi connectivity index (χ1) is 11.7. The highest BCUT2D eigenvalue weighted by Gasteiger charge is 2.36. The third kappa shape index (κ3) is 2.47. The fourth-order valence-corrected chi connectivity index (χ4v) is 4.19. The lowest BCUT2D eigenvalue weighted by Gasteiger charge is -2.16. The number of carboxylic acids is 1. The zero-order chi connectivity index (χ0) is 16.7. The van der Waals surface area contributed by atoms with Gasteiger partial charge in [0.2, 0.25) is 0 Å². The molecule has 0 heterocycles. The Balaban J connectivity index is 1.70. The van der Waals surface area contributed by atoms with Crippen LogP contribution in [-0.2, 0) is 9.59 Å². The van der Waals surface area contributed by atoms with Crippen LogP contribution in [0.15, 0.2) is 53.6 Å². The number of fused-ring (bicyclic) bond motifs is 5. The van der Waals surface area contributed by atoms with Gasteiger partial charge in [-0.1, -0.05) is 30.4 Å². The van der Waals surface area contributed by atoms with E-state index >= 15 is 0 Å². The van der Waals surface area contributed by atoms with Gasteiger partial charge in [0.15, 0.2) is 0 Å². The van der Waals surface area contributed by atoms with Crippen molar-refractivity contribution < 1.29 is 14.7 Å². The zero-order valence-corrected chi connectivity index (χ0v) is 13.3. The average molecular weight is 318 g/mol. The van der Waals surface area contributed by atoms with Gasteiger partial charge in [-0.05, 0) is 65.5 Å². The molecule has 1 aromatic carbocycles. The number of rotatable bonds is 3. The Morgan fingerprint density at radius 1 is 1.17 bits per heavy atom. The van der Waals surface area contributed by atoms with Gasteiger partial charge < -0.3 is 5.11 Å². The van der Waals surface area contributed by atoms with Crippen LogP contribution in [0.1, 0.15) is 54.2 Å². The molecule has 3 aliphatic rings. The lowest BCUT2D eigenvalue weighted by atomic mass is 9.88. The number of hydrogen-bond acceptors (Lipinski definition) is 2. The van der Waals surface area contributed by atoms with E-state index in [1.54, 1.807) is 18.2 Å². The largest absolute Gasteiger partial charge is 0.478 e. The smallest absolute Gasteiger partial charge is 0.336 e. The molecule has 1 N–H and O–H groups in total. The van der Waals surface area contributed by atoms with Gasteiger partial charge >= 0.3 is 5.97 Å². The third-order valence-electron chi connectivity index (χ3n) is 5.42. The highest BCUT2D eigenvalue weighted by atomic mass is 16.4. The first-order valence-corrected chi connectivity index (χ1v) is 8.37. The van der Waals surface area contributed by atoms with Crippen LogP contribution < -0.4 is 0 Å². The molecule has 3 aliphatic carbocycles. The minimum Gasteiger partial charge on any atom is -0.478 e. The van der Waals surface area contributed by atoms with Crippen LogP contribution in [0.2, 0.25) is 0 Å². The Bertz CT molecular complexity index is 863. The summed E-state index contributed by atoms with van der Waals surface area (Å²) in [6.45, 7) is 0. The number of carbonyl (C=O) groups is 1. The Labute approximate surface area is 140 Å². The maximum absolute atomic E-state index is 11.8. The zero-order valence-electron chi connectivity index (χ0n) is 13.3. The summed E-state index contributed by atoms with van der Waals surface area (Å²) < 4.78 is 0. The van der Waals surface area contributed by atoms with Crippen LogP contribution in [0.4, 0.5) is 0 Å². The maximum Gasteiger partial charge on any atom is 0.336 e. The van der Waals surface area contributed by atoms with Crippen molar-refractivity contribution in [3.8, 4) is 0 Å². The third-order valence-corrected chi connectivity index (χ3v) is 5.42. The second-order valence-electron chi connectivity index (χ2n) is 6.78. The van der Waals surface area contributed by atoms with Gasteiger partial charge in [0, 0.05) is 12.0 Å². The molecule has 2 atom stereocenters. The molecular weight excluding hydrogens is 300 g/mol. The Morgan fingerprint density at radius 3 is 2.62 bits per heavy atom. The molecule has 0 spiro atoms. The Morgan fingerprint density at radius 2 is 1.96 bits per heavy atom. The molecule has 0 saturated heterocycles. The molecule has 120 valence electrons. The molecular formula is C21H18O3. The standard InChI is InChI=1S/C21H18O3/c22-12-14-3-1-13(2-4-14)9-20(21(23)24)17-7-8-18-15-5-6-16(10-15)19(18)11-17/h1-3,7-9,11,15-16H,4-6,10H2,(H,23,24). The number of hydrogen-bond donors (Lipinski definition) is 1. The SMILES string of the molecule is O=C=C1C=CC(C=C(C(=O)O)c2ccc3c(c2)C2CCC3C2)=CC1. The van der Waals surface area contributed by atoms with Crippen molar-refractivity contribution in [2.75, 3.05) is 0 Å². The Hall–Kier alpha value is -2.64. The molecule has 3 heteroatoms. The number of allylic oxidation sites excluding steroid dienone is 6. The first-order valence-electron chi connectivity index (χ1n) is 8.37. The second-order valence-corrected chi connectivity index (χ2v) is 6.78. The van der Waals surface area contributed by atoms with E-state index in [4.69, 9.17) is 0 Å². The van der Waals surface area contributed by atoms with Crippen LogP contribution in [0.5, 0.6) is 0 Å². The number of aliphatic carboxylic acids is 1. The fourth-order valence-electron chi connectivity index (χ4n) is 4.19. The monoisotopic (exact) mass is 318 g/mol. The van der Waals surface area contributed by atoms with Crippen LogP contribution in [0.25, 0.3) is 5.57 Å². The lowest BCUT2D eigenvalue weighted by Crippen LogP contribution is -2.04. The molecule has 0 aromatic heterocycles. The van der Waals surface area contributed by atoms with Crippen molar-refractivity contribution in [1.82, 2.24) is 0 Å². The van der Waals surface area contributed by atoms with Crippen molar-refractivity contribution >= 4 is 17.5 Å². The molecule has 0 aliphatic heterocycles. The van der Waals surface area contributed by atoms with E-state index < -0.39 is 5.97 Å². The summed E-state index contributed by atoms with van der Waals surface area (Å²) in [5.41, 5.74) is 5.22. The summed E-state index contributed by atoms with van der Waals surface area (Å²) >= 11 is 0. The molecule has 2 bridgehead atoms. The van der Waals surface area contributed by atoms with E-state index in [0.717, 1.165) is 11.1 Å². The predicted octanol–water partition coefficient (Wildman–Crippen LogP) is 4.16. The highest BCUT2D eigenvalue weighted by Crippen LogP contribution is 2.53.